The van der Waals surface area contributed by atoms with Gasteiger partial charge in [0.25, 0.3) is 0 Å². The summed E-state index contributed by atoms with van der Waals surface area (Å²) < 4.78 is 18.6. The van der Waals surface area contributed by atoms with Crippen molar-refractivity contribution in [1.82, 2.24) is 14.9 Å². The minimum atomic E-state index is -0.233. The molecular weight excluding hydrogens is 305 g/mol. The first-order valence-electron chi connectivity index (χ1n) is 8.13. The number of rotatable bonds is 3. The molecule has 0 amide bonds. The van der Waals surface area contributed by atoms with Crippen molar-refractivity contribution in [3.8, 4) is 11.3 Å². The summed E-state index contributed by atoms with van der Waals surface area (Å²) in [5, 5.41) is 0. The summed E-state index contributed by atoms with van der Waals surface area (Å²) in [4.78, 5) is 11.3. The lowest BCUT2D eigenvalue weighted by Gasteiger charge is -2.17. The molecule has 0 N–H and O–H groups in total. The third kappa shape index (κ3) is 3.08. The molecular formula is C19H18FN3O. The van der Waals surface area contributed by atoms with E-state index >= 15 is 0 Å². The van der Waals surface area contributed by atoms with Crippen LogP contribution in [0.4, 0.5) is 4.39 Å². The van der Waals surface area contributed by atoms with Crippen LogP contribution < -0.4 is 0 Å². The van der Waals surface area contributed by atoms with Crippen molar-refractivity contribution in [3.63, 3.8) is 0 Å². The van der Waals surface area contributed by atoms with Gasteiger partial charge in [0.1, 0.15) is 17.9 Å². The van der Waals surface area contributed by atoms with Crippen LogP contribution in [0.5, 0.6) is 0 Å². The summed E-state index contributed by atoms with van der Waals surface area (Å²) in [5.41, 5.74) is 4.12. The predicted octanol–water partition coefficient (Wildman–Crippen LogP) is 3.48. The van der Waals surface area contributed by atoms with E-state index in [2.05, 4.69) is 14.9 Å². The predicted molar refractivity (Wildman–Crippen MR) is 88.8 cm³/mol. The number of hydrogen-bond acceptors (Lipinski definition) is 4. The van der Waals surface area contributed by atoms with E-state index < -0.39 is 0 Å². The molecule has 5 heteroatoms. The van der Waals surface area contributed by atoms with Gasteiger partial charge in [-0.15, -0.1) is 0 Å². The van der Waals surface area contributed by atoms with Crippen molar-refractivity contribution in [2.75, 3.05) is 13.1 Å². The van der Waals surface area contributed by atoms with Crippen LogP contribution in [0.25, 0.3) is 11.3 Å². The highest BCUT2D eigenvalue weighted by Gasteiger charge is 2.19. The molecule has 122 valence electrons. The summed E-state index contributed by atoms with van der Waals surface area (Å²) in [6.07, 6.45) is 5.08. The second kappa shape index (κ2) is 6.53. The molecule has 2 aromatic heterocycles. The Hall–Kier alpha value is -2.53. The van der Waals surface area contributed by atoms with Gasteiger partial charge in [-0.3, -0.25) is 4.90 Å². The van der Waals surface area contributed by atoms with Crippen LogP contribution >= 0.6 is 0 Å². The Morgan fingerprint density at radius 2 is 1.88 bits per heavy atom. The molecule has 0 spiro atoms. The highest BCUT2D eigenvalue weighted by molar-refractivity contribution is 5.63. The molecule has 0 saturated carbocycles. The number of furan rings is 1. The summed E-state index contributed by atoms with van der Waals surface area (Å²) in [5.74, 6) is 0.745. The summed E-state index contributed by atoms with van der Waals surface area (Å²) in [6.45, 7) is 2.67. The molecule has 0 bridgehead atoms. The largest absolute Gasteiger partial charge is 0.468 e. The lowest BCUT2D eigenvalue weighted by atomic mass is 10.0. The normalized spacial score (nSPS) is 15.0. The molecule has 0 radical (unpaired) electrons. The van der Waals surface area contributed by atoms with Crippen LogP contribution in [0.2, 0.25) is 0 Å². The smallest absolute Gasteiger partial charge is 0.123 e. The molecule has 3 aromatic rings. The van der Waals surface area contributed by atoms with Crippen LogP contribution in [0.15, 0.2) is 53.4 Å². The standard InChI is InChI=1S/C19H18FN3O/c20-15-5-3-14(4-6-15)19-17-7-9-23(12-16-2-1-11-24-16)10-8-18(17)21-13-22-19/h1-6,11,13H,7-10,12H2. The number of fused-ring (bicyclic) bond motifs is 1. The molecule has 1 aliphatic rings. The Labute approximate surface area is 140 Å². The van der Waals surface area contributed by atoms with Crippen molar-refractivity contribution in [2.45, 2.75) is 19.4 Å². The van der Waals surface area contributed by atoms with E-state index in [9.17, 15) is 4.39 Å². The molecule has 0 fully saturated rings. The van der Waals surface area contributed by atoms with Gasteiger partial charge in [0, 0.05) is 36.3 Å². The second-order valence-electron chi connectivity index (χ2n) is 6.01. The summed E-state index contributed by atoms with van der Waals surface area (Å²) in [7, 11) is 0. The van der Waals surface area contributed by atoms with Gasteiger partial charge in [-0.1, -0.05) is 0 Å². The Bertz CT molecular complexity index is 815. The van der Waals surface area contributed by atoms with Gasteiger partial charge in [-0.2, -0.15) is 0 Å². The van der Waals surface area contributed by atoms with Crippen molar-refractivity contribution in [1.29, 1.82) is 0 Å². The third-order valence-corrected chi connectivity index (χ3v) is 4.45. The SMILES string of the molecule is Fc1ccc(-c2ncnc3c2CCN(Cc2ccco2)CC3)cc1. The molecule has 0 saturated heterocycles. The zero-order valence-electron chi connectivity index (χ0n) is 13.3. The van der Waals surface area contributed by atoms with E-state index in [1.165, 1.54) is 17.7 Å². The number of halogens is 1. The molecule has 0 atom stereocenters. The summed E-state index contributed by atoms with van der Waals surface area (Å²) in [6, 6.07) is 10.4. The lowest BCUT2D eigenvalue weighted by Crippen LogP contribution is -2.25. The molecule has 1 aliphatic heterocycles. The minimum absolute atomic E-state index is 0.233. The van der Waals surface area contributed by atoms with Crippen molar-refractivity contribution >= 4 is 0 Å². The maximum Gasteiger partial charge on any atom is 0.123 e. The molecule has 1 aromatic carbocycles. The molecule has 3 heterocycles. The van der Waals surface area contributed by atoms with Crippen LogP contribution in [-0.2, 0) is 19.4 Å². The molecule has 4 rings (SSSR count). The second-order valence-corrected chi connectivity index (χ2v) is 6.01. The quantitative estimate of drug-likeness (QED) is 0.740. The molecule has 4 nitrogen and oxygen atoms in total. The first-order chi connectivity index (χ1) is 11.8. The van der Waals surface area contributed by atoms with Crippen LogP contribution in [0, 0.1) is 5.82 Å². The highest BCUT2D eigenvalue weighted by Crippen LogP contribution is 2.26. The lowest BCUT2D eigenvalue weighted by molar-refractivity contribution is 0.255. The van der Waals surface area contributed by atoms with E-state index in [1.54, 1.807) is 24.7 Å². The number of nitrogens with zero attached hydrogens (tertiary/aromatic N) is 3. The fraction of sp³-hybridized carbons (Fsp3) is 0.263. The minimum Gasteiger partial charge on any atom is -0.468 e. The highest BCUT2D eigenvalue weighted by atomic mass is 19.1. The number of hydrogen-bond donors (Lipinski definition) is 0. The zero-order valence-corrected chi connectivity index (χ0v) is 13.3. The van der Waals surface area contributed by atoms with E-state index in [4.69, 9.17) is 4.42 Å². The Balaban J connectivity index is 1.59. The van der Waals surface area contributed by atoms with Gasteiger partial charge < -0.3 is 4.42 Å². The first-order valence-corrected chi connectivity index (χ1v) is 8.13. The van der Waals surface area contributed by atoms with Crippen LogP contribution in [0.3, 0.4) is 0 Å². The van der Waals surface area contributed by atoms with Gasteiger partial charge in [0.2, 0.25) is 0 Å². The van der Waals surface area contributed by atoms with E-state index in [-0.39, 0.29) is 5.82 Å². The van der Waals surface area contributed by atoms with Gasteiger partial charge in [0.05, 0.1) is 18.5 Å². The van der Waals surface area contributed by atoms with Crippen molar-refractivity contribution in [3.05, 3.63) is 71.8 Å². The molecule has 0 aliphatic carbocycles. The third-order valence-electron chi connectivity index (χ3n) is 4.45. The summed E-state index contributed by atoms with van der Waals surface area (Å²) >= 11 is 0. The first kappa shape index (κ1) is 15.0. The zero-order chi connectivity index (χ0) is 16.4. The Morgan fingerprint density at radius 1 is 1.04 bits per heavy atom. The van der Waals surface area contributed by atoms with Crippen molar-refractivity contribution < 1.29 is 8.81 Å². The van der Waals surface area contributed by atoms with E-state index in [1.807, 2.05) is 12.1 Å². The van der Waals surface area contributed by atoms with Gasteiger partial charge >= 0.3 is 0 Å². The number of aromatic nitrogens is 2. The van der Waals surface area contributed by atoms with E-state index in [0.717, 1.165) is 55.2 Å². The fourth-order valence-electron chi connectivity index (χ4n) is 3.21. The van der Waals surface area contributed by atoms with Crippen LogP contribution in [-0.4, -0.2) is 28.0 Å². The van der Waals surface area contributed by atoms with E-state index in [0.29, 0.717) is 0 Å². The Morgan fingerprint density at radius 3 is 2.67 bits per heavy atom. The number of benzene rings is 1. The maximum atomic E-state index is 13.2. The van der Waals surface area contributed by atoms with Gasteiger partial charge in [-0.25, -0.2) is 14.4 Å². The van der Waals surface area contributed by atoms with Crippen molar-refractivity contribution in [2.24, 2.45) is 0 Å². The fourth-order valence-corrected chi connectivity index (χ4v) is 3.21. The van der Waals surface area contributed by atoms with Gasteiger partial charge in [0.15, 0.2) is 0 Å². The molecule has 0 unspecified atom stereocenters. The molecule has 24 heavy (non-hydrogen) atoms. The average Bonchev–Trinajstić information content (AvgIpc) is 3.02. The average molecular weight is 323 g/mol. The van der Waals surface area contributed by atoms with Gasteiger partial charge in [-0.05, 0) is 42.8 Å². The Kier molecular flexibility index (Phi) is 4.09. The maximum absolute atomic E-state index is 13.2. The topological polar surface area (TPSA) is 42.2 Å². The monoisotopic (exact) mass is 323 g/mol. The van der Waals surface area contributed by atoms with Crippen LogP contribution in [0.1, 0.15) is 17.0 Å².